The van der Waals surface area contributed by atoms with Crippen molar-refractivity contribution in [1.82, 2.24) is 5.01 Å². The molecule has 0 radical (unpaired) electrons. The molecule has 1 aliphatic rings. The quantitative estimate of drug-likeness (QED) is 0.647. The molecular weight excluding hydrogens is 346 g/mol. The Kier molecular flexibility index (Phi) is 4.58. The number of hydrogen-bond donors (Lipinski definition) is 2. The summed E-state index contributed by atoms with van der Waals surface area (Å²) in [4.78, 5) is 25.9. The maximum Gasteiger partial charge on any atom is 0.263 e. The lowest BCUT2D eigenvalue weighted by Gasteiger charge is -2.31. The first kappa shape index (κ1) is 16.8. The molecule has 1 heterocycles. The van der Waals surface area contributed by atoms with Crippen LogP contribution in [0.25, 0.3) is 0 Å². The predicted octanol–water partition coefficient (Wildman–Crippen LogP) is 1.96. The molecule has 2 aromatic carbocycles. The topological polar surface area (TPSA) is 93.4 Å². The first-order valence-electron chi connectivity index (χ1n) is 7.36. The third kappa shape index (κ3) is 3.72. The van der Waals surface area contributed by atoms with Gasteiger partial charge in [0.15, 0.2) is 11.5 Å². The molecule has 0 spiro atoms. The van der Waals surface area contributed by atoms with E-state index < -0.39 is 0 Å². The summed E-state index contributed by atoms with van der Waals surface area (Å²) in [5.74, 6) is -1.15. The van der Waals surface area contributed by atoms with Crippen molar-refractivity contribution in [3.05, 3.63) is 53.1 Å². The third-order valence-corrected chi connectivity index (χ3v) is 3.90. The van der Waals surface area contributed by atoms with Gasteiger partial charge < -0.3 is 15.1 Å². The van der Waals surface area contributed by atoms with Gasteiger partial charge in [-0.05, 0) is 48.0 Å². The molecule has 2 aromatic rings. The van der Waals surface area contributed by atoms with Crippen LogP contribution in [0.1, 0.15) is 5.56 Å². The summed E-state index contributed by atoms with van der Waals surface area (Å²) in [6, 6.07) is 10.8. The fourth-order valence-corrected chi connectivity index (χ4v) is 2.45. The first-order chi connectivity index (χ1) is 11.9. The number of carbonyl (C=O) groups excluding carboxylic acids is 2. The van der Waals surface area contributed by atoms with Gasteiger partial charge in [-0.25, -0.2) is 5.01 Å². The smallest absolute Gasteiger partial charge is 0.263 e. The summed E-state index contributed by atoms with van der Waals surface area (Å²) in [5, 5.41) is 24.3. The normalized spacial score (nSPS) is 15.2. The van der Waals surface area contributed by atoms with Crippen molar-refractivity contribution in [1.29, 1.82) is 0 Å². The van der Waals surface area contributed by atoms with Crippen LogP contribution in [-0.4, -0.2) is 46.3 Å². The lowest BCUT2D eigenvalue weighted by Crippen LogP contribution is -2.52. The fraction of sp³-hybridized carbons (Fsp3) is 0.118. The van der Waals surface area contributed by atoms with Gasteiger partial charge in [-0.1, -0.05) is 11.6 Å². The van der Waals surface area contributed by atoms with E-state index in [1.54, 1.807) is 24.3 Å². The lowest BCUT2D eigenvalue weighted by atomic mass is 10.2. The third-order valence-electron chi connectivity index (χ3n) is 3.65. The first-order valence-corrected chi connectivity index (χ1v) is 7.74. The van der Waals surface area contributed by atoms with E-state index in [0.717, 1.165) is 5.01 Å². The molecule has 0 aliphatic carbocycles. The second-order valence-corrected chi connectivity index (χ2v) is 5.84. The summed E-state index contributed by atoms with van der Waals surface area (Å²) >= 11 is 5.83. The van der Waals surface area contributed by atoms with Gasteiger partial charge >= 0.3 is 0 Å². The van der Waals surface area contributed by atoms with Gasteiger partial charge in [0, 0.05) is 10.7 Å². The van der Waals surface area contributed by atoms with Crippen molar-refractivity contribution in [3.8, 4) is 11.5 Å². The van der Waals surface area contributed by atoms with E-state index in [9.17, 15) is 19.8 Å². The molecule has 0 aromatic heterocycles. The Bertz CT molecular complexity index is 851. The largest absolute Gasteiger partial charge is 0.504 e. The standard InChI is InChI=1S/C17H14ClN3O4/c18-12-2-4-13(5-3-12)20-9-17(25)21(10-16(20)24)19-8-11-1-6-14(22)15(23)7-11/h1-8,22-23H,9-10H2/b19-8-. The highest BCUT2D eigenvalue weighted by Crippen LogP contribution is 2.24. The van der Waals surface area contributed by atoms with E-state index in [2.05, 4.69) is 5.10 Å². The average Bonchev–Trinajstić information content (AvgIpc) is 2.59. The van der Waals surface area contributed by atoms with E-state index in [1.807, 2.05) is 0 Å². The Morgan fingerprint density at radius 3 is 2.36 bits per heavy atom. The van der Waals surface area contributed by atoms with Crippen LogP contribution in [-0.2, 0) is 9.59 Å². The van der Waals surface area contributed by atoms with Crippen LogP contribution in [0.4, 0.5) is 5.69 Å². The van der Waals surface area contributed by atoms with Crippen molar-refractivity contribution < 1.29 is 19.8 Å². The number of aromatic hydroxyl groups is 2. The van der Waals surface area contributed by atoms with Gasteiger partial charge in [0.25, 0.3) is 5.91 Å². The summed E-state index contributed by atoms with van der Waals surface area (Å²) < 4.78 is 0. The Morgan fingerprint density at radius 1 is 0.960 bits per heavy atom. The molecule has 2 amide bonds. The zero-order valence-electron chi connectivity index (χ0n) is 13.0. The molecule has 1 saturated heterocycles. The van der Waals surface area contributed by atoms with Crippen LogP contribution in [0.3, 0.4) is 0 Å². The Hall–Kier alpha value is -3.06. The van der Waals surface area contributed by atoms with Gasteiger partial charge in [-0.3, -0.25) is 9.59 Å². The number of anilines is 1. The van der Waals surface area contributed by atoms with E-state index in [4.69, 9.17) is 11.6 Å². The van der Waals surface area contributed by atoms with Crippen LogP contribution >= 0.6 is 11.6 Å². The highest BCUT2D eigenvalue weighted by molar-refractivity contribution is 6.30. The molecule has 7 nitrogen and oxygen atoms in total. The molecule has 2 N–H and O–H groups in total. The van der Waals surface area contributed by atoms with Gasteiger partial charge in [0.2, 0.25) is 5.91 Å². The van der Waals surface area contributed by atoms with E-state index in [0.29, 0.717) is 16.3 Å². The predicted molar refractivity (Wildman–Crippen MR) is 92.9 cm³/mol. The van der Waals surface area contributed by atoms with Gasteiger partial charge in [-0.15, -0.1) is 0 Å². The monoisotopic (exact) mass is 359 g/mol. The molecular formula is C17H14ClN3O4. The highest BCUT2D eigenvalue weighted by Gasteiger charge is 2.30. The lowest BCUT2D eigenvalue weighted by molar-refractivity contribution is -0.138. The molecule has 0 atom stereocenters. The number of piperazine rings is 1. The Labute approximate surface area is 148 Å². The second kappa shape index (κ2) is 6.82. The highest BCUT2D eigenvalue weighted by atomic mass is 35.5. The maximum atomic E-state index is 12.3. The Morgan fingerprint density at radius 2 is 1.68 bits per heavy atom. The number of hydrazone groups is 1. The zero-order chi connectivity index (χ0) is 18.0. The number of carbonyl (C=O) groups is 2. The van der Waals surface area contributed by atoms with Gasteiger partial charge in [0.05, 0.1) is 6.21 Å². The van der Waals surface area contributed by atoms with Crippen LogP contribution in [0.2, 0.25) is 5.02 Å². The number of phenols is 2. The van der Waals surface area contributed by atoms with Crippen molar-refractivity contribution in [2.24, 2.45) is 5.10 Å². The van der Waals surface area contributed by atoms with Gasteiger partial charge in [-0.2, -0.15) is 5.10 Å². The Balaban J connectivity index is 1.72. The van der Waals surface area contributed by atoms with Crippen LogP contribution in [0, 0.1) is 0 Å². The van der Waals surface area contributed by atoms with E-state index >= 15 is 0 Å². The molecule has 25 heavy (non-hydrogen) atoms. The van der Waals surface area contributed by atoms with Crippen molar-refractivity contribution >= 4 is 35.3 Å². The van der Waals surface area contributed by atoms with Crippen LogP contribution in [0.15, 0.2) is 47.6 Å². The molecule has 128 valence electrons. The number of amides is 2. The van der Waals surface area contributed by atoms with Crippen LogP contribution < -0.4 is 4.90 Å². The van der Waals surface area contributed by atoms with Crippen molar-refractivity contribution in [2.75, 3.05) is 18.0 Å². The number of benzene rings is 2. The minimum absolute atomic E-state index is 0.126. The number of hydrogen-bond acceptors (Lipinski definition) is 5. The fourth-order valence-electron chi connectivity index (χ4n) is 2.33. The van der Waals surface area contributed by atoms with Gasteiger partial charge in [0.1, 0.15) is 13.1 Å². The maximum absolute atomic E-state index is 12.3. The molecule has 8 heteroatoms. The molecule has 0 saturated carbocycles. The second-order valence-electron chi connectivity index (χ2n) is 5.40. The van der Waals surface area contributed by atoms with Crippen molar-refractivity contribution in [2.45, 2.75) is 0 Å². The molecule has 0 bridgehead atoms. The number of phenolic OH excluding ortho intramolecular Hbond substituents is 2. The minimum Gasteiger partial charge on any atom is -0.504 e. The molecule has 1 aliphatic heterocycles. The van der Waals surface area contributed by atoms with E-state index in [-0.39, 0.29) is 36.4 Å². The number of rotatable bonds is 3. The summed E-state index contributed by atoms with van der Waals surface area (Å²) in [7, 11) is 0. The SMILES string of the molecule is O=C1CN(c2ccc(Cl)cc2)C(=O)CN1/N=C\c1ccc(O)c(O)c1. The summed E-state index contributed by atoms with van der Waals surface area (Å²) in [6.45, 7) is -0.319. The zero-order valence-corrected chi connectivity index (χ0v) is 13.7. The van der Waals surface area contributed by atoms with E-state index in [1.165, 1.54) is 29.3 Å². The van der Waals surface area contributed by atoms with Crippen molar-refractivity contribution in [3.63, 3.8) is 0 Å². The molecule has 1 fully saturated rings. The van der Waals surface area contributed by atoms with Crippen LogP contribution in [0.5, 0.6) is 11.5 Å². The summed E-state index contributed by atoms with van der Waals surface area (Å²) in [5.41, 5.74) is 1.07. The summed E-state index contributed by atoms with van der Waals surface area (Å²) in [6.07, 6.45) is 1.34. The molecule has 0 unspecified atom stereocenters. The molecule has 3 rings (SSSR count). The minimum atomic E-state index is -0.339. The average molecular weight is 360 g/mol. The number of halogens is 1. The number of nitrogens with zero attached hydrogens (tertiary/aromatic N) is 3.